The number of aryl methyl sites for hydroxylation is 1. The Balaban J connectivity index is 1.38. The van der Waals surface area contributed by atoms with Crippen LogP contribution in [0, 0.1) is 5.92 Å². The second-order valence-electron chi connectivity index (χ2n) is 9.61. The van der Waals surface area contributed by atoms with Crippen LogP contribution in [0.4, 0.5) is 31.9 Å². The number of halogens is 2. The Kier molecular flexibility index (Phi) is 8.90. The van der Waals surface area contributed by atoms with Gasteiger partial charge in [-0.05, 0) is 56.5 Å². The molecule has 2 aromatic rings. The Morgan fingerprint density at radius 1 is 1.17 bits per heavy atom. The number of rotatable bonds is 11. The topological polar surface area (TPSA) is 85.4 Å². The summed E-state index contributed by atoms with van der Waals surface area (Å²) in [5, 5.41) is 9.14. The van der Waals surface area contributed by atoms with E-state index in [9.17, 15) is 13.6 Å². The van der Waals surface area contributed by atoms with E-state index in [4.69, 9.17) is 0 Å². The number of carbonyl (C=O) groups is 1. The first-order valence-corrected chi connectivity index (χ1v) is 12.9. The predicted molar refractivity (Wildman–Crippen MR) is 139 cm³/mol. The van der Waals surface area contributed by atoms with Gasteiger partial charge in [0, 0.05) is 62.8 Å². The molecule has 1 aromatic heterocycles. The first-order valence-electron chi connectivity index (χ1n) is 12.9. The molecular weight excluding hydrogens is 464 g/mol. The molecule has 8 nitrogen and oxygen atoms in total. The van der Waals surface area contributed by atoms with Crippen molar-refractivity contribution in [2.45, 2.75) is 45.5 Å². The lowest BCUT2D eigenvalue weighted by Crippen LogP contribution is -2.44. The van der Waals surface area contributed by atoms with E-state index in [1.54, 1.807) is 0 Å². The van der Waals surface area contributed by atoms with Crippen molar-refractivity contribution in [3.05, 3.63) is 35.5 Å². The average molecular weight is 502 g/mol. The Morgan fingerprint density at radius 2 is 1.94 bits per heavy atom. The van der Waals surface area contributed by atoms with Crippen molar-refractivity contribution in [1.29, 1.82) is 0 Å². The molecule has 0 atom stereocenters. The minimum absolute atomic E-state index is 0.0911. The van der Waals surface area contributed by atoms with E-state index in [1.165, 1.54) is 11.9 Å². The van der Waals surface area contributed by atoms with Crippen molar-refractivity contribution in [2.75, 3.05) is 61.8 Å². The van der Waals surface area contributed by atoms with Crippen LogP contribution in [0.25, 0.3) is 0 Å². The molecule has 1 saturated heterocycles. The van der Waals surface area contributed by atoms with Crippen LogP contribution in [0.15, 0.2) is 24.4 Å². The molecule has 1 aliphatic carbocycles. The molecule has 36 heavy (non-hydrogen) atoms. The highest BCUT2D eigenvalue weighted by molar-refractivity contribution is 5.79. The van der Waals surface area contributed by atoms with E-state index in [0.717, 1.165) is 63.1 Å². The van der Waals surface area contributed by atoms with Gasteiger partial charge in [-0.25, -0.2) is 13.8 Å². The molecule has 0 unspecified atom stereocenters. The summed E-state index contributed by atoms with van der Waals surface area (Å²) in [6.45, 7) is 7.06. The molecule has 10 heteroatoms. The van der Waals surface area contributed by atoms with E-state index in [-0.39, 0.29) is 29.2 Å². The molecule has 1 aromatic carbocycles. The van der Waals surface area contributed by atoms with E-state index in [1.807, 2.05) is 6.07 Å². The summed E-state index contributed by atoms with van der Waals surface area (Å²) >= 11 is 0. The fourth-order valence-electron chi connectivity index (χ4n) is 4.45. The van der Waals surface area contributed by atoms with Gasteiger partial charge in [0.05, 0.1) is 5.56 Å². The van der Waals surface area contributed by atoms with Crippen LogP contribution in [-0.4, -0.2) is 67.1 Å². The molecule has 0 bridgehead atoms. The minimum Gasteiger partial charge on any atom is -0.369 e. The quantitative estimate of drug-likeness (QED) is 0.398. The SMILES string of the molecule is CCc1cc(N2CCN(C)CC2)ccc1Nc1ncc(C(F)F)c(NCCCNC(=O)C2CCC2)n1. The largest absolute Gasteiger partial charge is 0.369 e. The smallest absolute Gasteiger partial charge is 0.268 e. The highest BCUT2D eigenvalue weighted by Crippen LogP contribution is 2.29. The van der Waals surface area contributed by atoms with Gasteiger partial charge in [0.1, 0.15) is 5.82 Å². The summed E-state index contributed by atoms with van der Waals surface area (Å²) in [6.07, 6.45) is 2.94. The minimum atomic E-state index is -2.69. The lowest BCUT2D eigenvalue weighted by molar-refractivity contribution is -0.127. The van der Waals surface area contributed by atoms with Crippen molar-refractivity contribution in [3.63, 3.8) is 0 Å². The summed E-state index contributed by atoms with van der Waals surface area (Å²) in [5.41, 5.74) is 2.93. The third-order valence-corrected chi connectivity index (χ3v) is 7.06. The van der Waals surface area contributed by atoms with Crippen molar-refractivity contribution in [1.82, 2.24) is 20.2 Å². The van der Waals surface area contributed by atoms with Gasteiger partial charge >= 0.3 is 0 Å². The number of nitrogens with zero attached hydrogens (tertiary/aromatic N) is 4. The molecule has 4 rings (SSSR count). The Morgan fingerprint density at radius 3 is 2.61 bits per heavy atom. The van der Waals surface area contributed by atoms with Crippen LogP contribution >= 0.6 is 0 Å². The second kappa shape index (κ2) is 12.3. The van der Waals surface area contributed by atoms with Crippen LogP contribution in [0.3, 0.4) is 0 Å². The van der Waals surface area contributed by atoms with E-state index >= 15 is 0 Å². The third kappa shape index (κ3) is 6.60. The van der Waals surface area contributed by atoms with Crippen molar-refractivity contribution < 1.29 is 13.6 Å². The Labute approximate surface area is 211 Å². The summed E-state index contributed by atoms with van der Waals surface area (Å²) in [6, 6.07) is 6.27. The van der Waals surface area contributed by atoms with Crippen molar-refractivity contribution in [2.24, 2.45) is 5.92 Å². The lowest BCUT2D eigenvalue weighted by atomic mass is 9.85. The first kappa shape index (κ1) is 26.1. The number of aromatic nitrogens is 2. The Bertz CT molecular complexity index is 1020. The van der Waals surface area contributed by atoms with Gasteiger partial charge in [0.2, 0.25) is 11.9 Å². The summed E-state index contributed by atoms with van der Waals surface area (Å²) in [7, 11) is 2.14. The fourth-order valence-corrected chi connectivity index (χ4v) is 4.45. The van der Waals surface area contributed by atoms with Gasteiger partial charge in [-0.2, -0.15) is 4.98 Å². The zero-order chi connectivity index (χ0) is 25.5. The number of nitrogens with one attached hydrogen (secondary N) is 3. The summed E-state index contributed by atoms with van der Waals surface area (Å²) in [5.74, 6) is 0.609. The molecule has 1 saturated carbocycles. The number of carbonyl (C=O) groups excluding carboxylic acids is 1. The van der Waals surface area contributed by atoms with Crippen LogP contribution in [-0.2, 0) is 11.2 Å². The van der Waals surface area contributed by atoms with Gasteiger partial charge in [-0.3, -0.25) is 4.79 Å². The van der Waals surface area contributed by atoms with E-state index in [0.29, 0.717) is 19.5 Å². The number of hydrogen-bond donors (Lipinski definition) is 3. The predicted octanol–water partition coefficient (Wildman–Crippen LogP) is 4.19. The maximum absolute atomic E-state index is 13.6. The number of alkyl halides is 2. The van der Waals surface area contributed by atoms with Crippen LogP contribution in [0.1, 0.15) is 50.2 Å². The van der Waals surface area contributed by atoms with Gasteiger partial charge < -0.3 is 25.8 Å². The van der Waals surface area contributed by atoms with Gasteiger partial charge in [-0.1, -0.05) is 13.3 Å². The zero-order valence-corrected chi connectivity index (χ0v) is 21.2. The molecule has 1 amide bonds. The van der Waals surface area contributed by atoms with Crippen LogP contribution in [0.2, 0.25) is 0 Å². The van der Waals surface area contributed by atoms with Crippen LogP contribution in [0.5, 0.6) is 0 Å². The first-order chi connectivity index (χ1) is 17.4. The summed E-state index contributed by atoms with van der Waals surface area (Å²) in [4.78, 5) is 25.1. The van der Waals surface area contributed by atoms with Gasteiger partial charge in [-0.15, -0.1) is 0 Å². The number of piperazine rings is 1. The monoisotopic (exact) mass is 501 g/mol. The van der Waals surface area contributed by atoms with Crippen molar-refractivity contribution >= 4 is 29.0 Å². The molecule has 0 spiro atoms. The highest BCUT2D eigenvalue weighted by Gasteiger charge is 2.24. The number of likely N-dealkylation sites (N-methyl/N-ethyl adjacent to an activating group) is 1. The molecule has 2 aliphatic rings. The number of anilines is 4. The lowest BCUT2D eigenvalue weighted by Gasteiger charge is -2.34. The van der Waals surface area contributed by atoms with Crippen LogP contribution < -0.4 is 20.9 Å². The van der Waals surface area contributed by atoms with Gasteiger partial charge in [0.25, 0.3) is 6.43 Å². The van der Waals surface area contributed by atoms with Gasteiger partial charge in [0.15, 0.2) is 0 Å². The summed E-state index contributed by atoms with van der Waals surface area (Å²) < 4.78 is 27.1. The third-order valence-electron chi connectivity index (χ3n) is 7.06. The maximum Gasteiger partial charge on any atom is 0.268 e. The maximum atomic E-state index is 13.6. The second-order valence-corrected chi connectivity index (χ2v) is 9.61. The number of amides is 1. The fraction of sp³-hybridized carbons (Fsp3) is 0.577. The molecule has 1 aliphatic heterocycles. The zero-order valence-electron chi connectivity index (χ0n) is 21.2. The van der Waals surface area contributed by atoms with Crippen molar-refractivity contribution in [3.8, 4) is 0 Å². The van der Waals surface area contributed by atoms with E-state index in [2.05, 4.69) is 61.8 Å². The van der Waals surface area contributed by atoms with E-state index < -0.39 is 6.43 Å². The normalized spacial score (nSPS) is 16.6. The number of hydrogen-bond acceptors (Lipinski definition) is 7. The highest BCUT2D eigenvalue weighted by atomic mass is 19.3. The number of benzene rings is 1. The Hall–Kier alpha value is -3.01. The molecule has 196 valence electrons. The molecule has 2 fully saturated rings. The molecular formula is C26H37F2N7O. The molecule has 2 heterocycles. The standard InChI is InChI=1S/C26H37F2N7O/c1-3-18-16-20(35-14-12-34(2)13-15-35)8-9-22(18)32-26-31-17-21(23(27)28)24(33-26)29-10-5-11-30-25(36)19-6-4-7-19/h8-9,16-17,19,23H,3-7,10-15H2,1-2H3,(H,30,36)(H2,29,31,32,33). The average Bonchev–Trinajstić information content (AvgIpc) is 2.83. The molecule has 0 radical (unpaired) electrons. The molecule has 3 N–H and O–H groups in total.